The van der Waals surface area contributed by atoms with E-state index >= 15 is 0 Å². The Kier molecular flexibility index (Phi) is 10.9. The molecule has 5 N–H and O–H groups in total. The zero-order chi connectivity index (χ0) is 15.4. The van der Waals surface area contributed by atoms with E-state index in [1.54, 1.807) is 4.90 Å². The van der Waals surface area contributed by atoms with Crippen molar-refractivity contribution in [3.05, 3.63) is 0 Å². The third-order valence-electron chi connectivity index (χ3n) is 2.74. The van der Waals surface area contributed by atoms with E-state index in [2.05, 4.69) is 5.32 Å². The van der Waals surface area contributed by atoms with Crippen LogP contribution in [0.2, 0.25) is 0 Å². The van der Waals surface area contributed by atoms with Gasteiger partial charge in [0, 0.05) is 26.6 Å². The molecule has 0 bridgehead atoms. The van der Waals surface area contributed by atoms with Crippen molar-refractivity contribution in [3.8, 4) is 0 Å². The Hall–Kier alpha value is -1.18. The highest BCUT2D eigenvalue weighted by Gasteiger charge is 2.24. The van der Waals surface area contributed by atoms with Crippen molar-refractivity contribution >= 4 is 11.8 Å². The Morgan fingerprint density at radius 2 is 1.75 bits per heavy atom. The zero-order valence-corrected chi connectivity index (χ0v) is 12.6. The first-order valence-corrected chi connectivity index (χ1v) is 7.10. The molecular weight excluding hydrogens is 260 g/mol. The van der Waals surface area contributed by atoms with Crippen LogP contribution in [0.5, 0.6) is 0 Å². The molecule has 0 unspecified atom stereocenters. The molecule has 0 aromatic rings. The van der Waals surface area contributed by atoms with E-state index in [1.165, 1.54) is 6.92 Å². The molecule has 0 spiro atoms. The van der Waals surface area contributed by atoms with E-state index < -0.39 is 6.04 Å². The maximum absolute atomic E-state index is 12.4. The summed E-state index contributed by atoms with van der Waals surface area (Å²) in [5, 5.41) is 2.63. The van der Waals surface area contributed by atoms with Gasteiger partial charge in [0.15, 0.2) is 0 Å². The minimum Gasteiger partial charge on any atom is -0.379 e. The van der Waals surface area contributed by atoms with Gasteiger partial charge in [-0.25, -0.2) is 0 Å². The molecule has 0 saturated carbocycles. The first-order valence-electron chi connectivity index (χ1n) is 7.10. The topological polar surface area (TPSA) is 111 Å². The fourth-order valence-corrected chi connectivity index (χ4v) is 1.77. The first kappa shape index (κ1) is 18.8. The van der Waals surface area contributed by atoms with Crippen LogP contribution in [0.3, 0.4) is 0 Å². The molecule has 0 aliphatic rings. The highest BCUT2D eigenvalue weighted by atomic mass is 16.5. The van der Waals surface area contributed by atoms with Crippen LogP contribution in [0.1, 0.15) is 26.7 Å². The summed E-state index contributed by atoms with van der Waals surface area (Å²) in [7, 11) is 0. The Morgan fingerprint density at radius 3 is 2.15 bits per heavy atom. The Labute approximate surface area is 121 Å². The molecule has 1 atom stereocenters. The second-order valence-electron chi connectivity index (χ2n) is 4.52. The summed E-state index contributed by atoms with van der Waals surface area (Å²) in [6.45, 7) is 6.07. The van der Waals surface area contributed by atoms with Crippen molar-refractivity contribution in [1.29, 1.82) is 0 Å². The number of nitrogens with zero attached hydrogens (tertiary/aromatic N) is 1. The summed E-state index contributed by atoms with van der Waals surface area (Å²) in [6.07, 6.45) is 1.44. The quantitative estimate of drug-likeness (QED) is 0.454. The second kappa shape index (κ2) is 11.6. The van der Waals surface area contributed by atoms with E-state index in [-0.39, 0.29) is 18.4 Å². The van der Waals surface area contributed by atoms with Gasteiger partial charge in [0.25, 0.3) is 0 Å². The standard InChI is InChI=1S/C13H28N4O3/c1-3-20-10-12(16-11(2)18)13(19)17(8-4-6-14)9-5-7-15/h12H,3-10,14-15H2,1-2H3,(H,16,18)/t12-/m1/s1. The lowest BCUT2D eigenvalue weighted by atomic mass is 10.2. The lowest BCUT2D eigenvalue weighted by Crippen LogP contribution is -2.51. The van der Waals surface area contributed by atoms with E-state index in [0.29, 0.717) is 32.8 Å². The maximum atomic E-state index is 12.4. The molecule has 0 heterocycles. The number of ether oxygens (including phenoxy) is 1. The Balaban J connectivity index is 4.67. The zero-order valence-electron chi connectivity index (χ0n) is 12.6. The van der Waals surface area contributed by atoms with Crippen LogP contribution in [0.15, 0.2) is 0 Å². The van der Waals surface area contributed by atoms with Gasteiger partial charge in [0.1, 0.15) is 6.04 Å². The molecule has 0 saturated heterocycles. The third kappa shape index (κ3) is 8.08. The van der Waals surface area contributed by atoms with E-state index in [1.807, 2.05) is 6.92 Å². The number of nitrogens with one attached hydrogen (secondary N) is 1. The number of nitrogens with two attached hydrogens (primary N) is 2. The molecule has 7 nitrogen and oxygen atoms in total. The molecule has 118 valence electrons. The van der Waals surface area contributed by atoms with Gasteiger partial charge < -0.3 is 26.4 Å². The van der Waals surface area contributed by atoms with Gasteiger partial charge in [-0.05, 0) is 32.9 Å². The first-order chi connectivity index (χ1) is 9.56. The minimum atomic E-state index is -0.650. The molecule has 7 heteroatoms. The number of carbonyl (C=O) groups excluding carboxylic acids is 2. The average Bonchev–Trinajstić information content (AvgIpc) is 2.42. The normalized spacial score (nSPS) is 12.0. The van der Waals surface area contributed by atoms with Crippen LogP contribution >= 0.6 is 0 Å². The molecule has 2 amide bonds. The summed E-state index contributed by atoms with van der Waals surface area (Å²) in [4.78, 5) is 25.3. The molecule has 0 radical (unpaired) electrons. The van der Waals surface area contributed by atoms with Crippen molar-refractivity contribution in [1.82, 2.24) is 10.2 Å². The van der Waals surface area contributed by atoms with Crippen molar-refractivity contribution in [2.45, 2.75) is 32.7 Å². The largest absolute Gasteiger partial charge is 0.379 e. The number of hydrogen-bond donors (Lipinski definition) is 3. The summed E-state index contributed by atoms with van der Waals surface area (Å²) in [5.41, 5.74) is 11.0. The minimum absolute atomic E-state index is 0.143. The summed E-state index contributed by atoms with van der Waals surface area (Å²) in [5.74, 6) is -0.392. The van der Waals surface area contributed by atoms with Crippen LogP contribution in [0, 0.1) is 0 Å². The van der Waals surface area contributed by atoms with Crippen molar-refractivity contribution in [2.24, 2.45) is 11.5 Å². The van der Waals surface area contributed by atoms with Gasteiger partial charge in [0.2, 0.25) is 11.8 Å². The van der Waals surface area contributed by atoms with E-state index in [4.69, 9.17) is 16.2 Å². The van der Waals surface area contributed by atoms with Gasteiger partial charge >= 0.3 is 0 Å². The maximum Gasteiger partial charge on any atom is 0.247 e. The van der Waals surface area contributed by atoms with Crippen LogP contribution in [-0.2, 0) is 14.3 Å². The molecule has 0 aliphatic heterocycles. The molecule has 0 aromatic heterocycles. The predicted molar refractivity (Wildman–Crippen MR) is 78.0 cm³/mol. The number of hydrogen-bond acceptors (Lipinski definition) is 5. The third-order valence-corrected chi connectivity index (χ3v) is 2.74. The predicted octanol–water partition coefficient (Wildman–Crippen LogP) is -0.946. The van der Waals surface area contributed by atoms with Crippen LogP contribution in [0.4, 0.5) is 0 Å². The van der Waals surface area contributed by atoms with Crippen LogP contribution < -0.4 is 16.8 Å². The Morgan fingerprint density at radius 1 is 1.20 bits per heavy atom. The molecule has 0 aromatic carbocycles. The SMILES string of the molecule is CCOC[C@@H](NC(C)=O)C(=O)N(CCCN)CCCN. The molecule has 0 rings (SSSR count). The summed E-state index contributed by atoms with van der Waals surface area (Å²) < 4.78 is 5.27. The van der Waals surface area contributed by atoms with Gasteiger partial charge in [-0.2, -0.15) is 0 Å². The van der Waals surface area contributed by atoms with Gasteiger partial charge in [-0.1, -0.05) is 0 Å². The van der Waals surface area contributed by atoms with Crippen molar-refractivity contribution in [2.75, 3.05) is 39.4 Å². The smallest absolute Gasteiger partial charge is 0.247 e. The van der Waals surface area contributed by atoms with Gasteiger partial charge in [-0.3, -0.25) is 9.59 Å². The summed E-state index contributed by atoms with van der Waals surface area (Å²) in [6, 6.07) is -0.650. The van der Waals surface area contributed by atoms with Gasteiger partial charge in [-0.15, -0.1) is 0 Å². The van der Waals surface area contributed by atoms with Crippen LogP contribution in [0.25, 0.3) is 0 Å². The number of rotatable bonds is 11. The van der Waals surface area contributed by atoms with Crippen molar-refractivity contribution < 1.29 is 14.3 Å². The van der Waals surface area contributed by atoms with E-state index in [0.717, 1.165) is 12.8 Å². The Bertz CT molecular complexity index is 279. The molecular formula is C13H28N4O3. The lowest BCUT2D eigenvalue weighted by molar-refractivity contribution is -0.137. The van der Waals surface area contributed by atoms with Crippen molar-refractivity contribution in [3.63, 3.8) is 0 Å². The second-order valence-corrected chi connectivity index (χ2v) is 4.52. The molecule has 20 heavy (non-hydrogen) atoms. The van der Waals surface area contributed by atoms with E-state index in [9.17, 15) is 9.59 Å². The average molecular weight is 288 g/mol. The monoisotopic (exact) mass is 288 g/mol. The fraction of sp³-hybridized carbons (Fsp3) is 0.846. The lowest BCUT2D eigenvalue weighted by Gasteiger charge is -2.27. The highest BCUT2D eigenvalue weighted by molar-refractivity contribution is 5.87. The van der Waals surface area contributed by atoms with Gasteiger partial charge in [0.05, 0.1) is 6.61 Å². The molecule has 0 aliphatic carbocycles. The number of carbonyl (C=O) groups is 2. The summed E-state index contributed by atoms with van der Waals surface area (Å²) >= 11 is 0. The fourth-order valence-electron chi connectivity index (χ4n) is 1.77. The highest BCUT2D eigenvalue weighted by Crippen LogP contribution is 2.01. The molecule has 0 fully saturated rings. The number of amides is 2. The van der Waals surface area contributed by atoms with Crippen LogP contribution in [-0.4, -0.2) is 62.1 Å².